The third-order valence-corrected chi connectivity index (χ3v) is 4.25. The number of carbonyl (C=O) groups excluding carboxylic acids is 1. The van der Waals surface area contributed by atoms with Crippen molar-refractivity contribution in [3.05, 3.63) is 30.0 Å². The lowest BCUT2D eigenvalue weighted by Crippen LogP contribution is -2.50. The van der Waals surface area contributed by atoms with Crippen LogP contribution < -0.4 is 5.73 Å². The molecule has 0 saturated carbocycles. The Morgan fingerprint density at radius 3 is 2.57 bits per heavy atom. The van der Waals surface area contributed by atoms with Crippen LogP contribution in [-0.4, -0.2) is 52.9 Å². The van der Waals surface area contributed by atoms with Crippen molar-refractivity contribution in [1.82, 2.24) is 14.8 Å². The van der Waals surface area contributed by atoms with Crippen LogP contribution in [0.1, 0.15) is 24.3 Å². The molecule has 5 heteroatoms. The van der Waals surface area contributed by atoms with Crippen molar-refractivity contribution in [2.45, 2.75) is 19.9 Å². The maximum Gasteiger partial charge on any atom is 0.270 e. The predicted octanol–water partition coefficient (Wildman–Crippen LogP) is 1.92. The van der Waals surface area contributed by atoms with Crippen molar-refractivity contribution >= 4 is 22.5 Å². The summed E-state index contributed by atoms with van der Waals surface area (Å²) >= 11 is 0. The fourth-order valence-electron chi connectivity index (χ4n) is 2.91. The zero-order valence-corrected chi connectivity index (χ0v) is 12.6. The molecule has 3 rings (SSSR count). The molecule has 2 aromatic rings. The van der Waals surface area contributed by atoms with Gasteiger partial charge in [-0.2, -0.15) is 0 Å². The van der Waals surface area contributed by atoms with E-state index in [2.05, 4.69) is 23.7 Å². The molecule has 112 valence electrons. The van der Waals surface area contributed by atoms with E-state index in [4.69, 9.17) is 5.73 Å². The molecule has 2 heterocycles. The average molecular weight is 286 g/mol. The van der Waals surface area contributed by atoms with Gasteiger partial charge in [-0.3, -0.25) is 9.69 Å². The minimum Gasteiger partial charge on any atom is -0.397 e. The molecule has 1 aromatic heterocycles. The maximum atomic E-state index is 12.6. The number of nitrogens with two attached hydrogens (primary N) is 1. The number of nitrogen functional groups attached to an aromatic ring is 1. The van der Waals surface area contributed by atoms with Gasteiger partial charge < -0.3 is 15.6 Å². The molecule has 0 bridgehead atoms. The first kappa shape index (κ1) is 13.9. The number of rotatable bonds is 2. The second-order valence-corrected chi connectivity index (χ2v) is 5.92. The van der Waals surface area contributed by atoms with Crippen molar-refractivity contribution in [3.8, 4) is 0 Å². The van der Waals surface area contributed by atoms with Crippen LogP contribution in [0.2, 0.25) is 0 Å². The van der Waals surface area contributed by atoms with Gasteiger partial charge in [0.15, 0.2) is 0 Å². The zero-order chi connectivity index (χ0) is 15.0. The number of fused-ring (bicyclic) bond motifs is 1. The standard InChI is InChI=1S/C16H22N4O/c1-11(2)19-6-8-20(9-7-19)16(21)14-10-12-4-3-5-13(17)15(12)18-14/h3-5,10-11,18H,6-9,17H2,1-2H3. The molecule has 0 radical (unpaired) electrons. The van der Waals surface area contributed by atoms with Crippen LogP contribution >= 0.6 is 0 Å². The van der Waals surface area contributed by atoms with E-state index in [-0.39, 0.29) is 5.91 Å². The van der Waals surface area contributed by atoms with E-state index in [0.29, 0.717) is 17.4 Å². The van der Waals surface area contributed by atoms with Crippen molar-refractivity contribution in [2.75, 3.05) is 31.9 Å². The predicted molar refractivity (Wildman–Crippen MR) is 85.3 cm³/mol. The van der Waals surface area contributed by atoms with Crippen LogP contribution in [0.25, 0.3) is 10.9 Å². The molecule has 3 N–H and O–H groups in total. The van der Waals surface area contributed by atoms with E-state index in [9.17, 15) is 4.79 Å². The van der Waals surface area contributed by atoms with Crippen LogP contribution in [0, 0.1) is 0 Å². The average Bonchev–Trinajstić information content (AvgIpc) is 2.92. The molecule has 0 aliphatic carbocycles. The SMILES string of the molecule is CC(C)N1CCN(C(=O)c2cc3cccc(N)c3[nH]2)CC1. The quantitative estimate of drug-likeness (QED) is 0.829. The molecule has 21 heavy (non-hydrogen) atoms. The lowest BCUT2D eigenvalue weighted by molar-refractivity contribution is 0.0591. The van der Waals surface area contributed by atoms with Crippen molar-refractivity contribution in [3.63, 3.8) is 0 Å². The number of para-hydroxylation sites is 1. The third kappa shape index (κ3) is 2.61. The number of hydrogen-bond acceptors (Lipinski definition) is 3. The summed E-state index contributed by atoms with van der Waals surface area (Å²) in [6, 6.07) is 8.14. The number of benzene rings is 1. The molecule has 1 aliphatic heterocycles. The minimum absolute atomic E-state index is 0.0639. The molecule has 1 amide bonds. The lowest BCUT2D eigenvalue weighted by Gasteiger charge is -2.36. The molecule has 5 nitrogen and oxygen atoms in total. The minimum atomic E-state index is 0.0639. The number of nitrogens with zero attached hydrogens (tertiary/aromatic N) is 2. The van der Waals surface area contributed by atoms with E-state index in [1.807, 2.05) is 29.2 Å². The normalized spacial score (nSPS) is 16.8. The summed E-state index contributed by atoms with van der Waals surface area (Å²) < 4.78 is 0. The smallest absolute Gasteiger partial charge is 0.270 e. The summed E-state index contributed by atoms with van der Waals surface area (Å²) in [6.07, 6.45) is 0. The van der Waals surface area contributed by atoms with Gasteiger partial charge in [0.1, 0.15) is 5.69 Å². The van der Waals surface area contributed by atoms with Crippen molar-refractivity contribution in [2.24, 2.45) is 0 Å². The summed E-state index contributed by atoms with van der Waals surface area (Å²) in [6.45, 7) is 7.82. The second-order valence-electron chi connectivity index (χ2n) is 5.92. The van der Waals surface area contributed by atoms with Gasteiger partial charge in [-0.05, 0) is 26.0 Å². The molecule has 1 saturated heterocycles. The highest BCUT2D eigenvalue weighted by Gasteiger charge is 2.24. The van der Waals surface area contributed by atoms with Crippen molar-refractivity contribution < 1.29 is 4.79 Å². The first-order valence-corrected chi connectivity index (χ1v) is 7.47. The van der Waals surface area contributed by atoms with Gasteiger partial charge in [0, 0.05) is 37.6 Å². The number of aromatic amines is 1. The van der Waals surface area contributed by atoms with Gasteiger partial charge in [0.05, 0.1) is 11.2 Å². The van der Waals surface area contributed by atoms with Gasteiger partial charge in [0.25, 0.3) is 5.91 Å². The van der Waals surface area contributed by atoms with E-state index >= 15 is 0 Å². The molecule has 0 spiro atoms. The van der Waals surface area contributed by atoms with Crippen LogP contribution in [0.4, 0.5) is 5.69 Å². The number of hydrogen-bond donors (Lipinski definition) is 2. The fraction of sp³-hybridized carbons (Fsp3) is 0.438. The highest BCUT2D eigenvalue weighted by Crippen LogP contribution is 2.22. The van der Waals surface area contributed by atoms with E-state index in [0.717, 1.165) is 37.1 Å². The monoisotopic (exact) mass is 286 g/mol. The Labute approximate surface area is 124 Å². The van der Waals surface area contributed by atoms with Crippen LogP contribution in [0.15, 0.2) is 24.3 Å². The molecule has 1 fully saturated rings. The Hall–Kier alpha value is -2.01. The molecule has 1 aliphatic rings. The third-order valence-electron chi connectivity index (χ3n) is 4.25. The summed E-state index contributed by atoms with van der Waals surface area (Å²) in [5, 5.41) is 0.985. The van der Waals surface area contributed by atoms with Crippen LogP contribution in [0.5, 0.6) is 0 Å². The molecule has 0 atom stereocenters. The van der Waals surface area contributed by atoms with Crippen molar-refractivity contribution in [1.29, 1.82) is 0 Å². The first-order valence-electron chi connectivity index (χ1n) is 7.47. The second kappa shape index (κ2) is 5.41. The summed E-state index contributed by atoms with van der Waals surface area (Å²) in [4.78, 5) is 20.1. The molecule has 1 aromatic carbocycles. The number of H-pyrrole nitrogens is 1. The number of anilines is 1. The number of nitrogens with one attached hydrogen (secondary N) is 1. The number of piperazine rings is 1. The van der Waals surface area contributed by atoms with Gasteiger partial charge in [-0.1, -0.05) is 12.1 Å². The maximum absolute atomic E-state index is 12.6. The zero-order valence-electron chi connectivity index (χ0n) is 12.6. The number of carbonyl (C=O) groups is 1. The largest absolute Gasteiger partial charge is 0.397 e. The Morgan fingerprint density at radius 2 is 1.95 bits per heavy atom. The van der Waals surface area contributed by atoms with E-state index < -0.39 is 0 Å². The number of aromatic nitrogens is 1. The Balaban J connectivity index is 1.77. The lowest BCUT2D eigenvalue weighted by atomic mass is 10.2. The topological polar surface area (TPSA) is 65.4 Å². The highest BCUT2D eigenvalue weighted by molar-refractivity contribution is 6.00. The summed E-state index contributed by atoms with van der Waals surface area (Å²) in [5.74, 6) is 0.0639. The molecular weight excluding hydrogens is 264 g/mol. The van der Waals surface area contributed by atoms with Gasteiger partial charge in [-0.25, -0.2) is 0 Å². The Bertz CT molecular complexity index is 653. The van der Waals surface area contributed by atoms with Gasteiger partial charge in [0.2, 0.25) is 0 Å². The van der Waals surface area contributed by atoms with E-state index in [1.54, 1.807) is 0 Å². The van der Waals surface area contributed by atoms with Gasteiger partial charge >= 0.3 is 0 Å². The number of amides is 1. The van der Waals surface area contributed by atoms with Gasteiger partial charge in [-0.15, -0.1) is 0 Å². The fourth-order valence-corrected chi connectivity index (χ4v) is 2.91. The Kier molecular flexibility index (Phi) is 3.59. The molecular formula is C16H22N4O. The highest BCUT2D eigenvalue weighted by atomic mass is 16.2. The first-order chi connectivity index (χ1) is 10.1. The molecule has 0 unspecified atom stereocenters. The Morgan fingerprint density at radius 1 is 1.24 bits per heavy atom. The van der Waals surface area contributed by atoms with E-state index in [1.165, 1.54) is 0 Å². The van der Waals surface area contributed by atoms with Crippen LogP contribution in [-0.2, 0) is 0 Å². The van der Waals surface area contributed by atoms with Crippen LogP contribution in [0.3, 0.4) is 0 Å². The summed E-state index contributed by atoms with van der Waals surface area (Å²) in [5.41, 5.74) is 8.09. The summed E-state index contributed by atoms with van der Waals surface area (Å²) in [7, 11) is 0.